The Morgan fingerprint density at radius 3 is 3.25 bits per heavy atom. The van der Waals surface area contributed by atoms with Crippen molar-refractivity contribution in [2.24, 2.45) is 5.92 Å². The van der Waals surface area contributed by atoms with Crippen molar-refractivity contribution < 1.29 is 0 Å². The average Bonchev–Trinajstić information content (AvgIpc) is 2.46. The molecule has 0 radical (unpaired) electrons. The van der Waals surface area contributed by atoms with Crippen LogP contribution in [0.3, 0.4) is 0 Å². The molecular formula is C10H13BrS. The van der Waals surface area contributed by atoms with E-state index in [9.17, 15) is 0 Å². The maximum Gasteiger partial charge on any atom is 0.0294 e. The SMILES string of the molecule is CC1CCc2scc(CBr)c2C1. The van der Waals surface area contributed by atoms with Crippen LogP contribution in [-0.4, -0.2) is 0 Å². The second kappa shape index (κ2) is 3.51. The normalized spacial score (nSPS) is 22.3. The minimum atomic E-state index is 0.893. The maximum atomic E-state index is 3.54. The Morgan fingerprint density at radius 1 is 1.67 bits per heavy atom. The minimum Gasteiger partial charge on any atom is -0.148 e. The number of halogens is 1. The molecule has 1 aliphatic carbocycles. The van der Waals surface area contributed by atoms with Crippen LogP contribution >= 0.6 is 27.3 Å². The number of aryl methyl sites for hydroxylation is 1. The highest BCUT2D eigenvalue weighted by Gasteiger charge is 2.18. The van der Waals surface area contributed by atoms with E-state index in [0.717, 1.165) is 11.2 Å². The van der Waals surface area contributed by atoms with Crippen LogP contribution in [-0.2, 0) is 18.2 Å². The molecule has 0 fully saturated rings. The second-order valence-corrected chi connectivity index (χ2v) is 5.17. The Morgan fingerprint density at radius 2 is 2.50 bits per heavy atom. The Hall–Kier alpha value is 0.180. The summed E-state index contributed by atoms with van der Waals surface area (Å²) in [6.07, 6.45) is 4.00. The van der Waals surface area contributed by atoms with E-state index >= 15 is 0 Å². The Kier molecular flexibility index (Phi) is 2.56. The maximum absolute atomic E-state index is 3.54. The molecule has 0 nitrogen and oxygen atoms in total. The quantitative estimate of drug-likeness (QED) is 0.661. The highest BCUT2D eigenvalue weighted by molar-refractivity contribution is 9.08. The third-order valence-electron chi connectivity index (χ3n) is 2.63. The van der Waals surface area contributed by atoms with Gasteiger partial charge in [-0.1, -0.05) is 22.9 Å². The first kappa shape index (κ1) is 8.76. The summed E-state index contributed by atoms with van der Waals surface area (Å²) >= 11 is 5.49. The summed E-state index contributed by atoms with van der Waals surface area (Å²) in [6.45, 7) is 2.36. The van der Waals surface area contributed by atoms with Gasteiger partial charge in [0.1, 0.15) is 0 Å². The van der Waals surface area contributed by atoms with Crippen LogP contribution in [0.4, 0.5) is 0 Å². The van der Waals surface area contributed by atoms with Crippen molar-refractivity contribution in [3.05, 3.63) is 21.4 Å². The lowest BCUT2D eigenvalue weighted by atomic mass is 9.88. The van der Waals surface area contributed by atoms with Crippen LogP contribution in [0.1, 0.15) is 29.3 Å². The van der Waals surface area contributed by atoms with Crippen LogP contribution in [0.25, 0.3) is 0 Å². The number of alkyl halides is 1. The van der Waals surface area contributed by atoms with E-state index < -0.39 is 0 Å². The second-order valence-electron chi connectivity index (χ2n) is 3.64. The van der Waals surface area contributed by atoms with E-state index in [1.807, 2.05) is 11.3 Å². The number of rotatable bonds is 1. The molecular weight excluding hydrogens is 232 g/mol. The lowest BCUT2D eigenvalue weighted by Crippen LogP contribution is -2.09. The molecule has 1 aromatic heterocycles. The number of fused-ring (bicyclic) bond motifs is 1. The zero-order chi connectivity index (χ0) is 8.55. The Balaban J connectivity index is 2.34. The fourth-order valence-corrected chi connectivity index (χ4v) is 3.68. The molecule has 1 unspecified atom stereocenters. The number of hydrogen-bond donors (Lipinski definition) is 0. The van der Waals surface area contributed by atoms with Crippen molar-refractivity contribution in [1.82, 2.24) is 0 Å². The minimum absolute atomic E-state index is 0.893. The van der Waals surface area contributed by atoms with Crippen LogP contribution in [0.15, 0.2) is 5.38 Å². The van der Waals surface area contributed by atoms with Crippen molar-refractivity contribution in [3.8, 4) is 0 Å². The fourth-order valence-electron chi connectivity index (χ4n) is 1.86. The molecule has 66 valence electrons. The summed E-state index contributed by atoms with van der Waals surface area (Å²) < 4.78 is 0. The lowest BCUT2D eigenvalue weighted by Gasteiger charge is -2.18. The zero-order valence-corrected chi connectivity index (χ0v) is 9.67. The smallest absolute Gasteiger partial charge is 0.0294 e. The van der Waals surface area contributed by atoms with E-state index in [1.54, 1.807) is 10.4 Å². The van der Waals surface area contributed by atoms with E-state index in [-0.39, 0.29) is 0 Å². The molecule has 0 N–H and O–H groups in total. The van der Waals surface area contributed by atoms with Gasteiger partial charge in [-0.25, -0.2) is 0 Å². The van der Waals surface area contributed by atoms with Gasteiger partial charge in [-0.3, -0.25) is 0 Å². The van der Waals surface area contributed by atoms with E-state index in [0.29, 0.717) is 0 Å². The number of hydrogen-bond acceptors (Lipinski definition) is 1. The molecule has 1 aliphatic rings. The van der Waals surface area contributed by atoms with Crippen molar-refractivity contribution in [3.63, 3.8) is 0 Å². The lowest BCUT2D eigenvalue weighted by molar-refractivity contribution is 0.505. The molecule has 2 rings (SSSR count). The third kappa shape index (κ3) is 1.47. The third-order valence-corrected chi connectivity index (χ3v) is 4.37. The van der Waals surface area contributed by atoms with Crippen LogP contribution in [0, 0.1) is 5.92 Å². The summed E-state index contributed by atoms with van der Waals surface area (Å²) in [7, 11) is 0. The molecule has 1 aromatic rings. The highest BCUT2D eigenvalue weighted by Crippen LogP contribution is 2.33. The average molecular weight is 245 g/mol. The molecule has 0 amide bonds. The van der Waals surface area contributed by atoms with Gasteiger partial charge in [-0.2, -0.15) is 0 Å². The van der Waals surface area contributed by atoms with Gasteiger partial charge in [0.2, 0.25) is 0 Å². The predicted octanol–water partition coefficient (Wildman–Crippen LogP) is 3.77. The van der Waals surface area contributed by atoms with Gasteiger partial charge < -0.3 is 0 Å². The topological polar surface area (TPSA) is 0 Å². The van der Waals surface area contributed by atoms with Gasteiger partial charge in [0.25, 0.3) is 0 Å². The van der Waals surface area contributed by atoms with Crippen LogP contribution in [0.2, 0.25) is 0 Å². The van der Waals surface area contributed by atoms with Crippen molar-refractivity contribution >= 4 is 27.3 Å². The molecule has 0 saturated carbocycles. The zero-order valence-electron chi connectivity index (χ0n) is 7.27. The number of thiophene rings is 1. The summed E-state index contributed by atoms with van der Waals surface area (Å²) in [5, 5.41) is 3.35. The van der Waals surface area contributed by atoms with E-state index in [1.165, 1.54) is 24.8 Å². The molecule has 0 aromatic carbocycles. The molecule has 2 heteroatoms. The molecule has 1 atom stereocenters. The van der Waals surface area contributed by atoms with Gasteiger partial charge in [0.15, 0.2) is 0 Å². The Labute approximate surface area is 86.1 Å². The molecule has 0 bridgehead atoms. The fraction of sp³-hybridized carbons (Fsp3) is 0.600. The molecule has 0 spiro atoms. The van der Waals surface area contributed by atoms with Gasteiger partial charge in [-0.15, -0.1) is 11.3 Å². The van der Waals surface area contributed by atoms with Crippen molar-refractivity contribution in [2.75, 3.05) is 0 Å². The first-order chi connectivity index (χ1) is 5.81. The first-order valence-corrected chi connectivity index (χ1v) is 6.45. The summed E-state index contributed by atoms with van der Waals surface area (Å²) in [5.41, 5.74) is 3.18. The first-order valence-electron chi connectivity index (χ1n) is 4.45. The highest BCUT2D eigenvalue weighted by atomic mass is 79.9. The molecule has 0 aliphatic heterocycles. The summed E-state index contributed by atoms with van der Waals surface area (Å²) in [6, 6.07) is 0. The monoisotopic (exact) mass is 244 g/mol. The largest absolute Gasteiger partial charge is 0.148 e. The van der Waals surface area contributed by atoms with E-state index in [4.69, 9.17) is 0 Å². The van der Waals surface area contributed by atoms with Gasteiger partial charge in [0.05, 0.1) is 0 Å². The van der Waals surface area contributed by atoms with Gasteiger partial charge >= 0.3 is 0 Å². The summed E-state index contributed by atoms with van der Waals surface area (Å²) in [5.74, 6) is 0.893. The van der Waals surface area contributed by atoms with Crippen LogP contribution in [0.5, 0.6) is 0 Å². The van der Waals surface area contributed by atoms with E-state index in [2.05, 4.69) is 28.2 Å². The van der Waals surface area contributed by atoms with Gasteiger partial charge in [0, 0.05) is 10.2 Å². The van der Waals surface area contributed by atoms with Gasteiger partial charge in [-0.05, 0) is 41.7 Å². The standard InChI is InChI=1S/C10H13BrS/c1-7-2-3-10-9(4-7)8(5-11)6-12-10/h6-7H,2-5H2,1H3. The molecule has 1 heterocycles. The molecule has 0 saturated heterocycles. The van der Waals surface area contributed by atoms with Crippen molar-refractivity contribution in [2.45, 2.75) is 31.5 Å². The van der Waals surface area contributed by atoms with Crippen molar-refractivity contribution in [1.29, 1.82) is 0 Å². The predicted molar refractivity (Wildman–Crippen MR) is 58.1 cm³/mol. The molecule has 12 heavy (non-hydrogen) atoms. The Bertz CT molecular complexity index is 264. The summed E-state index contributed by atoms with van der Waals surface area (Å²) in [4.78, 5) is 1.64. The van der Waals surface area contributed by atoms with Crippen LogP contribution < -0.4 is 0 Å².